The SMILES string of the molecule is Oc1c(Br)cccc1CNc1ccc(-c2nccs2)cc1. The first-order chi connectivity index (χ1) is 10.2. The maximum absolute atomic E-state index is 9.95. The number of anilines is 1. The van der Waals surface area contributed by atoms with Gasteiger partial charge in [0.05, 0.1) is 4.47 Å². The van der Waals surface area contributed by atoms with Crippen LogP contribution in [0.5, 0.6) is 5.75 Å². The Morgan fingerprint density at radius 1 is 1.14 bits per heavy atom. The van der Waals surface area contributed by atoms with Gasteiger partial charge in [-0.15, -0.1) is 11.3 Å². The maximum Gasteiger partial charge on any atom is 0.134 e. The third kappa shape index (κ3) is 3.25. The second kappa shape index (κ2) is 6.28. The Hall–Kier alpha value is -1.85. The number of halogens is 1. The van der Waals surface area contributed by atoms with Gasteiger partial charge in [-0.05, 0) is 46.3 Å². The minimum Gasteiger partial charge on any atom is -0.506 e. The molecule has 3 nitrogen and oxygen atoms in total. The highest BCUT2D eigenvalue weighted by Crippen LogP contribution is 2.28. The van der Waals surface area contributed by atoms with Gasteiger partial charge >= 0.3 is 0 Å². The molecule has 3 aromatic rings. The highest BCUT2D eigenvalue weighted by atomic mass is 79.9. The van der Waals surface area contributed by atoms with Crippen molar-refractivity contribution in [2.24, 2.45) is 0 Å². The first-order valence-corrected chi connectivity index (χ1v) is 8.11. The molecule has 0 saturated carbocycles. The number of aromatic hydroxyl groups is 1. The number of benzene rings is 2. The van der Waals surface area contributed by atoms with Crippen LogP contribution in [0.3, 0.4) is 0 Å². The van der Waals surface area contributed by atoms with Crippen molar-refractivity contribution in [2.75, 3.05) is 5.32 Å². The van der Waals surface area contributed by atoms with Crippen LogP contribution in [0.25, 0.3) is 10.6 Å². The van der Waals surface area contributed by atoms with Crippen molar-refractivity contribution in [1.29, 1.82) is 0 Å². The van der Waals surface area contributed by atoms with Crippen LogP contribution in [0.15, 0.2) is 58.5 Å². The summed E-state index contributed by atoms with van der Waals surface area (Å²) in [6.45, 7) is 0.571. The second-order valence-electron chi connectivity index (χ2n) is 4.52. The number of aromatic nitrogens is 1. The summed E-state index contributed by atoms with van der Waals surface area (Å²) in [5.41, 5.74) is 2.98. The first-order valence-electron chi connectivity index (χ1n) is 6.44. The molecule has 2 aromatic carbocycles. The molecule has 1 aromatic heterocycles. The average molecular weight is 361 g/mol. The number of thiazole rings is 1. The zero-order valence-electron chi connectivity index (χ0n) is 11.1. The molecular weight excluding hydrogens is 348 g/mol. The van der Waals surface area contributed by atoms with Gasteiger partial charge in [0.2, 0.25) is 0 Å². The zero-order valence-corrected chi connectivity index (χ0v) is 13.5. The summed E-state index contributed by atoms with van der Waals surface area (Å²) in [4.78, 5) is 4.29. The number of nitrogens with one attached hydrogen (secondary N) is 1. The largest absolute Gasteiger partial charge is 0.506 e. The second-order valence-corrected chi connectivity index (χ2v) is 6.26. The van der Waals surface area contributed by atoms with E-state index < -0.39 is 0 Å². The Morgan fingerprint density at radius 3 is 2.67 bits per heavy atom. The Balaban J connectivity index is 1.70. The van der Waals surface area contributed by atoms with Gasteiger partial charge in [0.15, 0.2) is 0 Å². The fraction of sp³-hybridized carbons (Fsp3) is 0.0625. The number of hydrogen-bond acceptors (Lipinski definition) is 4. The molecule has 5 heteroatoms. The van der Waals surface area contributed by atoms with E-state index in [2.05, 4.69) is 26.2 Å². The van der Waals surface area contributed by atoms with Crippen LogP contribution in [0, 0.1) is 0 Å². The fourth-order valence-electron chi connectivity index (χ4n) is 2.00. The van der Waals surface area contributed by atoms with Crippen molar-refractivity contribution in [3.63, 3.8) is 0 Å². The lowest BCUT2D eigenvalue weighted by Crippen LogP contribution is -1.99. The Bertz CT molecular complexity index is 727. The molecule has 0 aliphatic rings. The number of rotatable bonds is 4. The minimum atomic E-state index is 0.282. The summed E-state index contributed by atoms with van der Waals surface area (Å²) in [5.74, 6) is 0.282. The third-order valence-corrected chi connectivity index (χ3v) is 4.58. The average Bonchev–Trinajstić information content (AvgIpc) is 3.04. The normalized spacial score (nSPS) is 10.5. The van der Waals surface area contributed by atoms with Gasteiger partial charge in [-0.3, -0.25) is 0 Å². The molecule has 0 fully saturated rings. The third-order valence-electron chi connectivity index (χ3n) is 3.12. The lowest BCUT2D eigenvalue weighted by atomic mass is 10.2. The van der Waals surface area contributed by atoms with E-state index in [1.807, 2.05) is 54.0 Å². The molecule has 0 bridgehead atoms. The van der Waals surface area contributed by atoms with E-state index in [1.165, 1.54) is 0 Å². The van der Waals surface area contributed by atoms with Gasteiger partial charge in [0, 0.05) is 34.9 Å². The van der Waals surface area contributed by atoms with Crippen molar-refractivity contribution >= 4 is 33.0 Å². The van der Waals surface area contributed by atoms with Crippen LogP contribution in [-0.2, 0) is 6.54 Å². The Labute approximate surface area is 135 Å². The van der Waals surface area contributed by atoms with E-state index in [0.717, 1.165) is 21.8 Å². The van der Waals surface area contributed by atoms with Gasteiger partial charge in [-0.25, -0.2) is 4.98 Å². The number of nitrogens with zero attached hydrogens (tertiary/aromatic N) is 1. The lowest BCUT2D eigenvalue weighted by molar-refractivity contribution is 0.465. The molecule has 0 aliphatic heterocycles. The highest BCUT2D eigenvalue weighted by molar-refractivity contribution is 9.10. The number of phenols is 1. The quantitative estimate of drug-likeness (QED) is 0.695. The van der Waals surface area contributed by atoms with E-state index in [-0.39, 0.29) is 5.75 Å². The Morgan fingerprint density at radius 2 is 1.95 bits per heavy atom. The standard InChI is InChI=1S/C16H13BrN2OS/c17-14-3-1-2-12(15(14)20)10-19-13-6-4-11(5-7-13)16-18-8-9-21-16/h1-9,19-20H,10H2. The van der Waals surface area contributed by atoms with Crippen LogP contribution in [-0.4, -0.2) is 10.1 Å². The van der Waals surface area contributed by atoms with E-state index in [4.69, 9.17) is 0 Å². The number of para-hydroxylation sites is 1. The van der Waals surface area contributed by atoms with Gasteiger partial charge in [-0.2, -0.15) is 0 Å². The van der Waals surface area contributed by atoms with Gasteiger partial charge in [-0.1, -0.05) is 12.1 Å². The molecule has 0 aliphatic carbocycles. The monoisotopic (exact) mass is 360 g/mol. The molecule has 21 heavy (non-hydrogen) atoms. The molecule has 1 heterocycles. The summed E-state index contributed by atoms with van der Waals surface area (Å²) < 4.78 is 0.709. The molecule has 0 amide bonds. The topological polar surface area (TPSA) is 45.1 Å². The summed E-state index contributed by atoms with van der Waals surface area (Å²) in [7, 11) is 0. The molecular formula is C16H13BrN2OS. The van der Waals surface area contributed by atoms with E-state index in [1.54, 1.807) is 11.3 Å². The van der Waals surface area contributed by atoms with Crippen molar-refractivity contribution in [1.82, 2.24) is 4.98 Å². The number of hydrogen-bond donors (Lipinski definition) is 2. The summed E-state index contributed by atoms with van der Waals surface area (Å²) in [5, 5.41) is 16.2. The Kier molecular flexibility index (Phi) is 4.22. The van der Waals surface area contributed by atoms with E-state index >= 15 is 0 Å². The zero-order chi connectivity index (χ0) is 14.7. The summed E-state index contributed by atoms with van der Waals surface area (Å²) in [6.07, 6.45) is 1.81. The molecule has 106 valence electrons. The van der Waals surface area contributed by atoms with Crippen molar-refractivity contribution in [3.8, 4) is 16.3 Å². The van der Waals surface area contributed by atoms with Gasteiger partial charge in [0.1, 0.15) is 10.8 Å². The van der Waals surface area contributed by atoms with E-state index in [9.17, 15) is 5.11 Å². The van der Waals surface area contributed by atoms with Crippen LogP contribution in [0.2, 0.25) is 0 Å². The van der Waals surface area contributed by atoms with Gasteiger partial charge < -0.3 is 10.4 Å². The van der Waals surface area contributed by atoms with Crippen molar-refractivity contribution < 1.29 is 5.11 Å². The maximum atomic E-state index is 9.95. The molecule has 0 saturated heterocycles. The predicted octanol–water partition coefficient (Wildman–Crippen LogP) is 4.89. The molecule has 0 radical (unpaired) electrons. The van der Waals surface area contributed by atoms with Crippen LogP contribution >= 0.6 is 27.3 Å². The van der Waals surface area contributed by atoms with Crippen LogP contribution < -0.4 is 5.32 Å². The smallest absolute Gasteiger partial charge is 0.134 e. The lowest BCUT2D eigenvalue weighted by Gasteiger charge is -2.09. The fourth-order valence-corrected chi connectivity index (χ4v) is 3.05. The predicted molar refractivity (Wildman–Crippen MR) is 90.7 cm³/mol. The molecule has 0 spiro atoms. The van der Waals surface area contributed by atoms with E-state index in [0.29, 0.717) is 11.0 Å². The van der Waals surface area contributed by atoms with Crippen LogP contribution in [0.4, 0.5) is 5.69 Å². The van der Waals surface area contributed by atoms with Crippen molar-refractivity contribution in [2.45, 2.75) is 6.54 Å². The van der Waals surface area contributed by atoms with Crippen LogP contribution in [0.1, 0.15) is 5.56 Å². The first kappa shape index (κ1) is 14.1. The summed E-state index contributed by atoms with van der Waals surface area (Å²) in [6, 6.07) is 13.8. The minimum absolute atomic E-state index is 0.282. The molecule has 0 unspecified atom stereocenters. The van der Waals surface area contributed by atoms with Gasteiger partial charge in [0.25, 0.3) is 0 Å². The highest BCUT2D eigenvalue weighted by Gasteiger charge is 2.05. The summed E-state index contributed by atoms with van der Waals surface area (Å²) >= 11 is 4.95. The molecule has 3 rings (SSSR count). The molecule has 2 N–H and O–H groups in total. The number of phenolic OH excluding ortho intramolecular Hbond substituents is 1. The molecule has 0 atom stereocenters. The van der Waals surface area contributed by atoms with Crippen molar-refractivity contribution in [3.05, 3.63) is 64.1 Å².